The number of nitrogens with one attached hydrogen (secondary N) is 1. The highest BCUT2D eigenvalue weighted by Crippen LogP contribution is 2.37. The zero-order valence-electron chi connectivity index (χ0n) is 13.0. The molecule has 0 saturated heterocycles. The highest BCUT2D eigenvalue weighted by Gasteiger charge is 2.36. The average Bonchev–Trinajstić information content (AvgIpc) is 3.07. The summed E-state index contributed by atoms with van der Waals surface area (Å²) in [6, 6.07) is 14.3. The molecule has 4 heteroatoms. The van der Waals surface area contributed by atoms with E-state index < -0.39 is 5.54 Å². The van der Waals surface area contributed by atoms with E-state index in [1.54, 1.807) is 0 Å². The van der Waals surface area contributed by atoms with Crippen LogP contribution in [0.4, 0.5) is 0 Å². The third kappa shape index (κ3) is 2.58. The predicted molar refractivity (Wildman–Crippen MR) is 87.8 cm³/mol. The van der Waals surface area contributed by atoms with Gasteiger partial charge in [0.2, 0.25) is 0 Å². The summed E-state index contributed by atoms with van der Waals surface area (Å²) >= 11 is 0. The fourth-order valence-corrected chi connectivity index (χ4v) is 3.48. The van der Waals surface area contributed by atoms with Gasteiger partial charge in [-0.1, -0.05) is 30.3 Å². The molecule has 0 aliphatic carbocycles. The lowest BCUT2D eigenvalue weighted by Gasteiger charge is -2.38. The van der Waals surface area contributed by atoms with Crippen LogP contribution in [0, 0.1) is 0 Å². The number of aliphatic hydroxyl groups is 1. The van der Waals surface area contributed by atoms with Gasteiger partial charge in [0.1, 0.15) is 11.5 Å². The van der Waals surface area contributed by atoms with Crippen LogP contribution in [0.3, 0.4) is 0 Å². The van der Waals surface area contributed by atoms with Crippen LogP contribution in [0.15, 0.2) is 42.5 Å². The molecule has 1 unspecified atom stereocenters. The van der Waals surface area contributed by atoms with Gasteiger partial charge >= 0.3 is 0 Å². The first kappa shape index (κ1) is 14.5. The standard InChI is InChI=1S/C19H21NO3/c21-13-19(8-10-23-18-4-2-1-3-16(18)19)20-12-14-5-6-17-15(11-14)7-9-22-17/h1-6,11,20-21H,7-10,12-13H2. The number of rotatable bonds is 4. The van der Waals surface area contributed by atoms with Gasteiger partial charge in [0, 0.05) is 24.9 Å². The minimum absolute atomic E-state index is 0.0570. The molecule has 0 amide bonds. The van der Waals surface area contributed by atoms with Crippen LogP contribution < -0.4 is 14.8 Å². The van der Waals surface area contributed by atoms with Crippen molar-refractivity contribution in [3.05, 3.63) is 59.2 Å². The summed E-state index contributed by atoms with van der Waals surface area (Å²) in [6.45, 7) is 2.16. The minimum Gasteiger partial charge on any atom is -0.493 e. The minimum atomic E-state index is -0.440. The molecule has 0 bridgehead atoms. The first-order valence-corrected chi connectivity index (χ1v) is 8.13. The maximum atomic E-state index is 10.1. The van der Waals surface area contributed by atoms with Crippen molar-refractivity contribution in [1.29, 1.82) is 0 Å². The summed E-state index contributed by atoms with van der Waals surface area (Å²) in [7, 11) is 0. The zero-order valence-corrected chi connectivity index (χ0v) is 13.0. The number of aliphatic hydroxyl groups excluding tert-OH is 1. The van der Waals surface area contributed by atoms with Gasteiger partial charge in [-0.2, -0.15) is 0 Å². The molecule has 2 aromatic rings. The van der Waals surface area contributed by atoms with Crippen molar-refractivity contribution in [2.24, 2.45) is 0 Å². The second-order valence-corrected chi connectivity index (χ2v) is 6.23. The highest BCUT2D eigenvalue weighted by atomic mass is 16.5. The van der Waals surface area contributed by atoms with E-state index in [4.69, 9.17) is 9.47 Å². The van der Waals surface area contributed by atoms with E-state index in [1.807, 2.05) is 30.3 Å². The summed E-state index contributed by atoms with van der Waals surface area (Å²) < 4.78 is 11.3. The Morgan fingerprint density at radius 1 is 1.04 bits per heavy atom. The monoisotopic (exact) mass is 311 g/mol. The molecule has 0 saturated carbocycles. The van der Waals surface area contributed by atoms with E-state index in [0.29, 0.717) is 13.2 Å². The van der Waals surface area contributed by atoms with Crippen LogP contribution in [-0.4, -0.2) is 24.9 Å². The van der Waals surface area contributed by atoms with Gasteiger partial charge < -0.3 is 19.9 Å². The first-order valence-electron chi connectivity index (χ1n) is 8.13. The van der Waals surface area contributed by atoms with E-state index in [9.17, 15) is 5.11 Å². The number of fused-ring (bicyclic) bond motifs is 2. The van der Waals surface area contributed by atoms with Crippen molar-refractivity contribution in [2.45, 2.75) is 24.9 Å². The first-order chi connectivity index (χ1) is 11.3. The van der Waals surface area contributed by atoms with Gasteiger partial charge in [-0.05, 0) is 23.3 Å². The third-order valence-electron chi connectivity index (χ3n) is 4.84. The van der Waals surface area contributed by atoms with Crippen molar-refractivity contribution in [1.82, 2.24) is 5.32 Å². The Labute approximate surface area is 136 Å². The Balaban J connectivity index is 1.57. The highest BCUT2D eigenvalue weighted by molar-refractivity contribution is 5.42. The Morgan fingerprint density at radius 3 is 2.83 bits per heavy atom. The molecule has 2 aromatic carbocycles. The second kappa shape index (κ2) is 5.87. The third-order valence-corrected chi connectivity index (χ3v) is 4.84. The van der Waals surface area contributed by atoms with Crippen molar-refractivity contribution >= 4 is 0 Å². The molecule has 0 spiro atoms. The van der Waals surface area contributed by atoms with Crippen LogP contribution in [0.5, 0.6) is 11.5 Å². The number of para-hydroxylation sites is 1. The quantitative estimate of drug-likeness (QED) is 0.910. The van der Waals surface area contributed by atoms with Crippen LogP contribution >= 0.6 is 0 Å². The van der Waals surface area contributed by atoms with Crippen molar-refractivity contribution in [3.63, 3.8) is 0 Å². The molecule has 2 aliphatic rings. The molecule has 4 nitrogen and oxygen atoms in total. The van der Waals surface area contributed by atoms with Gasteiger partial charge in [0.15, 0.2) is 0 Å². The van der Waals surface area contributed by atoms with Gasteiger partial charge in [-0.15, -0.1) is 0 Å². The lowest BCUT2D eigenvalue weighted by molar-refractivity contribution is 0.106. The van der Waals surface area contributed by atoms with Gasteiger partial charge in [-0.3, -0.25) is 0 Å². The molecule has 0 fully saturated rings. The van der Waals surface area contributed by atoms with E-state index in [-0.39, 0.29) is 6.61 Å². The Morgan fingerprint density at radius 2 is 1.91 bits per heavy atom. The number of ether oxygens (including phenoxy) is 2. The number of benzene rings is 2. The molecule has 0 radical (unpaired) electrons. The summed E-state index contributed by atoms with van der Waals surface area (Å²) in [5.74, 6) is 1.87. The van der Waals surface area contributed by atoms with Gasteiger partial charge in [-0.25, -0.2) is 0 Å². The smallest absolute Gasteiger partial charge is 0.124 e. The molecule has 1 atom stereocenters. The predicted octanol–water partition coefficient (Wildman–Crippen LogP) is 2.38. The molecule has 120 valence electrons. The van der Waals surface area contributed by atoms with E-state index in [0.717, 1.165) is 36.5 Å². The molecule has 23 heavy (non-hydrogen) atoms. The van der Waals surface area contributed by atoms with Crippen molar-refractivity contribution < 1.29 is 14.6 Å². The van der Waals surface area contributed by atoms with Crippen LogP contribution in [0.2, 0.25) is 0 Å². The number of hydrogen-bond acceptors (Lipinski definition) is 4. The maximum Gasteiger partial charge on any atom is 0.124 e. The lowest BCUT2D eigenvalue weighted by atomic mass is 9.85. The summed E-state index contributed by atoms with van der Waals surface area (Å²) in [6.07, 6.45) is 1.74. The molecular weight excluding hydrogens is 290 g/mol. The van der Waals surface area contributed by atoms with Gasteiger partial charge in [0.05, 0.1) is 25.4 Å². The average molecular weight is 311 g/mol. The van der Waals surface area contributed by atoms with Gasteiger partial charge in [0.25, 0.3) is 0 Å². The largest absolute Gasteiger partial charge is 0.493 e. The van der Waals surface area contributed by atoms with E-state index in [2.05, 4.69) is 17.4 Å². The topological polar surface area (TPSA) is 50.7 Å². The Hall–Kier alpha value is -2.04. The summed E-state index contributed by atoms with van der Waals surface area (Å²) in [4.78, 5) is 0. The Kier molecular flexibility index (Phi) is 3.71. The van der Waals surface area contributed by atoms with Crippen LogP contribution in [0.25, 0.3) is 0 Å². The zero-order chi connectivity index (χ0) is 15.7. The van der Waals surface area contributed by atoms with Crippen molar-refractivity contribution in [3.8, 4) is 11.5 Å². The fourth-order valence-electron chi connectivity index (χ4n) is 3.48. The molecule has 2 heterocycles. The SMILES string of the molecule is OCC1(NCc2ccc3c(c2)CCO3)CCOc2ccccc21. The molecule has 0 aromatic heterocycles. The number of hydrogen-bond donors (Lipinski definition) is 2. The molecule has 2 aliphatic heterocycles. The summed E-state index contributed by atoms with van der Waals surface area (Å²) in [5, 5.41) is 13.7. The molecule has 4 rings (SSSR count). The van der Waals surface area contributed by atoms with Crippen molar-refractivity contribution in [2.75, 3.05) is 19.8 Å². The van der Waals surface area contributed by atoms with E-state index >= 15 is 0 Å². The fraction of sp³-hybridized carbons (Fsp3) is 0.368. The van der Waals surface area contributed by atoms with E-state index in [1.165, 1.54) is 11.1 Å². The normalized spacial score (nSPS) is 22.0. The van der Waals surface area contributed by atoms with Crippen LogP contribution in [0.1, 0.15) is 23.1 Å². The maximum absolute atomic E-state index is 10.1. The lowest BCUT2D eigenvalue weighted by Crippen LogP contribution is -2.48. The molecular formula is C19H21NO3. The van der Waals surface area contributed by atoms with Crippen LogP contribution in [-0.2, 0) is 18.5 Å². The molecule has 2 N–H and O–H groups in total. The second-order valence-electron chi connectivity index (χ2n) is 6.23. The summed E-state index contributed by atoms with van der Waals surface area (Å²) in [5.41, 5.74) is 3.09. The Bertz CT molecular complexity index is 716.